The zero-order valence-corrected chi connectivity index (χ0v) is 10.1. The van der Waals surface area contributed by atoms with Crippen molar-refractivity contribution < 1.29 is 27.5 Å². The third kappa shape index (κ3) is 3.55. The predicted octanol–water partition coefficient (Wildman–Crippen LogP) is 3.36. The van der Waals surface area contributed by atoms with Crippen LogP contribution in [-0.4, -0.2) is 18.4 Å². The molecule has 0 aliphatic carbocycles. The molecule has 0 aliphatic rings. The van der Waals surface area contributed by atoms with Crippen LogP contribution in [0.15, 0.2) is 16.6 Å². The Bertz CT molecular complexity index is 469. The molecule has 3 nitrogen and oxygen atoms in total. The van der Waals surface area contributed by atoms with Gasteiger partial charge in [-0.25, -0.2) is 0 Å². The van der Waals surface area contributed by atoms with E-state index in [0.717, 1.165) is 12.1 Å². The molecule has 0 unspecified atom stereocenters. The molecule has 0 saturated heterocycles. The Hall–Kier alpha value is -1.37. The summed E-state index contributed by atoms with van der Waals surface area (Å²) in [6.45, 7) is 1.24. The van der Waals surface area contributed by atoms with E-state index in [1.807, 2.05) is 0 Å². The molecule has 92 valence electrons. The van der Waals surface area contributed by atoms with Crippen LogP contribution in [0.4, 0.5) is 13.2 Å². The van der Waals surface area contributed by atoms with Crippen LogP contribution in [0.25, 0.3) is 0 Å². The van der Waals surface area contributed by atoms with Crippen LogP contribution in [0.1, 0.15) is 27.6 Å². The zero-order valence-electron chi connectivity index (χ0n) is 8.47. The molecule has 0 heterocycles. The van der Waals surface area contributed by atoms with Crippen molar-refractivity contribution in [3.05, 3.63) is 27.7 Å². The zero-order chi connectivity index (χ0) is 13.2. The van der Waals surface area contributed by atoms with Gasteiger partial charge in [-0.2, -0.15) is 0 Å². The first-order chi connectivity index (χ1) is 7.74. The fourth-order valence-corrected chi connectivity index (χ4v) is 1.75. The van der Waals surface area contributed by atoms with Crippen molar-refractivity contribution >= 4 is 28.0 Å². The van der Waals surface area contributed by atoms with E-state index in [9.17, 15) is 22.8 Å². The number of aldehydes is 1. The molecular formula is C10H6BrF3O3. The lowest BCUT2D eigenvalue weighted by atomic mass is 10.1. The van der Waals surface area contributed by atoms with Gasteiger partial charge in [0.05, 0.1) is 5.56 Å². The Labute approximate surface area is 103 Å². The standard InChI is InChI=1S/C10H6BrF3O3/c1-5(16)7-2-6(4-15)9(3-8(7)11)17-10(12,13)14/h2-4H,1H3. The summed E-state index contributed by atoms with van der Waals surface area (Å²) in [7, 11) is 0. The molecular weight excluding hydrogens is 305 g/mol. The molecule has 17 heavy (non-hydrogen) atoms. The fraction of sp³-hybridized carbons (Fsp3) is 0.200. The van der Waals surface area contributed by atoms with E-state index in [0.29, 0.717) is 0 Å². The van der Waals surface area contributed by atoms with Crippen molar-refractivity contribution in [3.8, 4) is 5.75 Å². The van der Waals surface area contributed by atoms with E-state index in [2.05, 4.69) is 20.7 Å². The lowest BCUT2D eigenvalue weighted by Gasteiger charge is -2.12. The van der Waals surface area contributed by atoms with Gasteiger partial charge in [0.25, 0.3) is 0 Å². The molecule has 0 fully saturated rings. The monoisotopic (exact) mass is 310 g/mol. The highest BCUT2D eigenvalue weighted by Crippen LogP contribution is 2.31. The van der Waals surface area contributed by atoms with Gasteiger partial charge in [-0.1, -0.05) is 0 Å². The highest BCUT2D eigenvalue weighted by molar-refractivity contribution is 9.10. The SMILES string of the molecule is CC(=O)c1cc(C=O)c(OC(F)(F)F)cc1Br. The summed E-state index contributed by atoms with van der Waals surface area (Å²) in [5, 5.41) is 0. The van der Waals surface area contributed by atoms with Crippen LogP contribution in [-0.2, 0) is 0 Å². The van der Waals surface area contributed by atoms with Crippen molar-refractivity contribution in [2.45, 2.75) is 13.3 Å². The fourth-order valence-electron chi connectivity index (χ4n) is 1.15. The second kappa shape index (κ2) is 4.87. The summed E-state index contributed by atoms with van der Waals surface area (Å²) in [6.07, 6.45) is -4.70. The van der Waals surface area contributed by atoms with Gasteiger partial charge >= 0.3 is 6.36 Å². The molecule has 0 bridgehead atoms. The minimum Gasteiger partial charge on any atom is -0.405 e. The molecule has 1 aromatic rings. The van der Waals surface area contributed by atoms with Gasteiger partial charge in [-0.15, -0.1) is 13.2 Å². The molecule has 1 aromatic carbocycles. The van der Waals surface area contributed by atoms with Gasteiger partial charge < -0.3 is 4.74 Å². The van der Waals surface area contributed by atoms with Crippen LogP contribution < -0.4 is 4.74 Å². The second-order valence-corrected chi connectivity index (χ2v) is 3.95. The number of ether oxygens (including phenoxy) is 1. The van der Waals surface area contributed by atoms with Crippen molar-refractivity contribution in [1.82, 2.24) is 0 Å². The van der Waals surface area contributed by atoms with Crippen LogP contribution in [0.3, 0.4) is 0 Å². The largest absolute Gasteiger partial charge is 0.573 e. The van der Waals surface area contributed by atoms with Gasteiger partial charge in [0.1, 0.15) is 5.75 Å². The molecule has 0 amide bonds. The van der Waals surface area contributed by atoms with Gasteiger partial charge in [-0.3, -0.25) is 9.59 Å². The van der Waals surface area contributed by atoms with Gasteiger partial charge in [0, 0.05) is 10.0 Å². The quantitative estimate of drug-likeness (QED) is 0.635. The molecule has 0 atom stereocenters. The number of Topliss-reactive ketones (excluding diaryl/α,β-unsaturated/α-hetero) is 1. The third-order valence-electron chi connectivity index (χ3n) is 1.83. The van der Waals surface area contributed by atoms with Crippen LogP contribution in [0.5, 0.6) is 5.75 Å². The number of hydrogen-bond donors (Lipinski definition) is 0. The van der Waals surface area contributed by atoms with E-state index in [1.165, 1.54) is 6.92 Å². The molecule has 0 radical (unpaired) electrons. The van der Waals surface area contributed by atoms with Crippen LogP contribution in [0.2, 0.25) is 0 Å². The first-order valence-corrected chi connectivity index (χ1v) is 5.09. The first-order valence-electron chi connectivity index (χ1n) is 4.30. The summed E-state index contributed by atoms with van der Waals surface area (Å²) < 4.78 is 39.9. The second-order valence-electron chi connectivity index (χ2n) is 3.09. The Morgan fingerprint density at radius 3 is 2.41 bits per heavy atom. The Morgan fingerprint density at radius 2 is 2.00 bits per heavy atom. The van der Waals surface area contributed by atoms with Crippen LogP contribution in [0, 0.1) is 0 Å². The average Bonchev–Trinajstić information content (AvgIpc) is 2.14. The van der Waals surface area contributed by atoms with Crippen molar-refractivity contribution in [1.29, 1.82) is 0 Å². The summed E-state index contributed by atoms with van der Waals surface area (Å²) in [6, 6.07) is 1.98. The molecule has 1 rings (SSSR count). The molecule has 0 N–H and O–H groups in total. The summed E-state index contributed by atoms with van der Waals surface area (Å²) >= 11 is 2.93. The lowest BCUT2D eigenvalue weighted by molar-refractivity contribution is -0.274. The highest BCUT2D eigenvalue weighted by Gasteiger charge is 2.32. The topological polar surface area (TPSA) is 43.4 Å². The number of carbonyl (C=O) groups is 2. The van der Waals surface area contributed by atoms with Gasteiger partial charge in [0.15, 0.2) is 12.1 Å². The normalized spacial score (nSPS) is 11.1. The predicted molar refractivity (Wildman–Crippen MR) is 56.2 cm³/mol. The minimum absolute atomic E-state index is 0.113. The summed E-state index contributed by atoms with van der Waals surface area (Å²) in [5.41, 5.74) is -0.225. The number of alkyl halides is 3. The summed E-state index contributed by atoms with van der Waals surface area (Å²) in [4.78, 5) is 21.7. The highest BCUT2D eigenvalue weighted by atomic mass is 79.9. The molecule has 7 heteroatoms. The number of halogens is 4. The number of hydrogen-bond acceptors (Lipinski definition) is 3. The van der Waals surface area contributed by atoms with E-state index in [1.54, 1.807) is 0 Å². The minimum atomic E-state index is -4.89. The van der Waals surface area contributed by atoms with E-state index < -0.39 is 12.1 Å². The third-order valence-corrected chi connectivity index (χ3v) is 2.49. The number of rotatable bonds is 3. The van der Waals surface area contributed by atoms with Crippen molar-refractivity contribution in [3.63, 3.8) is 0 Å². The van der Waals surface area contributed by atoms with Crippen molar-refractivity contribution in [2.75, 3.05) is 0 Å². The van der Waals surface area contributed by atoms with Gasteiger partial charge in [-0.05, 0) is 35.0 Å². The lowest BCUT2D eigenvalue weighted by Crippen LogP contribution is -2.18. The number of carbonyl (C=O) groups excluding carboxylic acids is 2. The Kier molecular flexibility index (Phi) is 3.92. The van der Waals surface area contributed by atoms with E-state index >= 15 is 0 Å². The van der Waals surface area contributed by atoms with Crippen LogP contribution >= 0.6 is 15.9 Å². The number of benzene rings is 1. The molecule has 0 saturated carbocycles. The van der Waals surface area contributed by atoms with E-state index in [4.69, 9.17) is 0 Å². The maximum atomic E-state index is 12.0. The average molecular weight is 311 g/mol. The van der Waals surface area contributed by atoms with Gasteiger partial charge in [0.2, 0.25) is 0 Å². The Morgan fingerprint density at radius 1 is 1.41 bits per heavy atom. The number of ketones is 1. The van der Waals surface area contributed by atoms with Crippen molar-refractivity contribution in [2.24, 2.45) is 0 Å². The Balaban J connectivity index is 3.28. The maximum absolute atomic E-state index is 12.0. The van der Waals surface area contributed by atoms with E-state index in [-0.39, 0.29) is 27.7 Å². The molecule has 0 spiro atoms. The first kappa shape index (κ1) is 13.7. The summed E-state index contributed by atoms with van der Waals surface area (Å²) in [5.74, 6) is -1.03. The molecule has 0 aromatic heterocycles. The maximum Gasteiger partial charge on any atom is 0.573 e. The molecule has 0 aliphatic heterocycles. The smallest absolute Gasteiger partial charge is 0.405 e.